The molecule has 0 aliphatic carbocycles. The molecule has 6 heteroatoms. The predicted octanol–water partition coefficient (Wildman–Crippen LogP) is 2.08. The van der Waals surface area contributed by atoms with Gasteiger partial charge in [-0.15, -0.1) is 0 Å². The largest absolute Gasteiger partial charge is 0.478 e. The molecule has 0 radical (unpaired) electrons. The molecule has 0 amide bonds. The predicted molar refractivity (Wildman–Crippen MR) is 62.7 cm³/mol. The minimum absolute atomic E-state index is 0.00833. The second kappa shape index (κ2) is 5.86. The third kappa shape index (κ3) is 4.22. The SMILES string of the molecule is CCCCCS(=O)(=O)Cc1occc1C(=O)O. The molecule has 1 aromatic rings. The van der Waals surface area contributed by atoms with Gasteiger partial charge < -0.3 is 9.52 Å². The summed E-state index contributed by atoms with van der Waals surface area (Å²) in [6.07, 6.45) is 3.59. The smallest absolute Gasteiger partial charge is 0.339 e. The molecule has 0 spiro atoms. The van der Waals surface area contributed by atoms with Crippen LogP contribution in [0.5, 0.6) is 0 Å². The van der Waals surface area contributed by atoms with Gasteiger partial charge in [-0.3, -0.25) is 0 Å². The van der Waals surface area contributed by atoms with Crippen molar-refractivity contribution >= 4 is 15.8 Å². The molecule has 17 heavy (non-hydrogen) atoms. The van der Waals surface area contributed by atoms with Crippen molar-refractivity contribution in [2.45, 2.75) is 31.9 Å². The van der Waals surface area contributed by atoms with E-state index in [9.17, 15) is 13.2 Å². The molecule has 0 aliphatic heterocycles. The summed E-state index contributed by atoms with van der Waals surface area (Å²) in [5.41, 5.74) is -0.0796. The van der Waals surface area contributed by atoms with Gasteiger partial charge in [0.25, 0.3) is 0 Å². The van der Waals surface area contributed by atoms with Crippen LogP contribution in [0.1, 0.15) is 42.3 Å². The first-order valence-electron chi connectivity index (χ1n) is 5.46. The van der Waals surface area contributed by atoms with Crippen LogP contribution >= 0.6 is 0 Å². The van der Waals surface area contributed by atoms with E-state index in [0.717, 1.165) is 12.8 Å². The monoisotopic (exact) mass is 260 g/mol. The van der Waals surface area contributed by atoms with Gasteiger partial charge in [0.1, 0.15) is 17.1 Å². The fourth-order valence-corrected chi connectivity index (χ4v) is 2.90. The van der Waals surface area contributed by atoms with Gasteiger partial charge >= 0.3 is 5.97 Å². The topological polar surface area (TPSA) is 84.6 Å². The third-order valence-electron chi connectivity index (χ3n) is 2.39. The lowest BCUT2D eigenvalue weighted by atomic mass is 10.3. The van der Waals surface area contributed by atoms with E-state index in [-0.39, 0.29) is 22.8 Å². The highest BCUT2D eigenvalue weighted by Gasteiger charge is 2.20. The van der Waals surface area contributed by atoms with Crippen LogP contribution in [0.2, 0.25) is 0 Å². The molecule has 0 atom stereocenters. The summed E-state index contributed by atoms with van der Waals surface area (Å²) in [5, 5.41) is 8.81. The molecular formula is C11H16O5S. The van der Waals surface area contributed by atoms with E-state index in [2.05, 4.69) is 0 Å². The second-order valence-electron chi connectivity index (χ2n) is 3.86. The molecule has 0 aromatic carbocycles. The van der Waals surface area contributed by atoms with Gasteiger partial charge in [-0.2, -0.15) is 0 Å². The van der Waals surface area contributed by atoms with Gasteiger partial charge in [-0.05, 0) is 12.5 Å². The Balaban J connectivity index is 2.69. The Morgan fingerprint density at radius 3 is 2.71 bits per heavy atom. The minimum atomic E-state index is -3.29. The summed E-state index contributed by atoms with van der Waals surface area (Å²) in [6, 6.07) is 1.26. The van der Waals surface area contributed by atoms with E-state index in [1.54, 1.807) is 0 Å². The molecule has 1 aromatic heterocycles. The molecule has 0 fully saturated rings. The molecule has 96 valence electrons. The summed E-state index contributed by atoms with van der Waals surface area (Å²) >= 11 is 0. The van der Waals surface area contributed by atoms with Crippen molar-refractivity contribution < 1.29 is 22.7 Å². The van der Waals surface area contributed by atoms with E-state index in [4.69, 9.17) is 9.52 Å². The van der Waals surface area contributed by atoms with Crippen LogP contribution in [-0.2, 0) is 15.6 Å². The Morgan fingerprint density at radius 1 is 1.41 bits per heavy atom. The number of hydrogen-bond donors (Lipinski definition) is 1. The lowest BCUT2D eigenvalue weighted by Crippen LogP contribution is -2.11. The van der Waals surface area contributed by atoms with Gasteiger partial charge in [-0.1, -0.05) is 19.8 Å². The lowest BCUT2D eigenvalue weighted by molar-refractivity contribution is 0.0695. The number of carboxylic acids is 1. The molecule has 0 bridgehead atoms. The molecule has 1 N–H and O–H groups in total. The van der Waals surface area contributed by atoms with Crippen molar-refractivity contribution in [2.24, 2.45) is 0 Å². The standard InChI is InChI=1S/C11H16O5S/c1-2-3-4-7-17(14,15)8-10-9(11(12)13)5-6-16-10/h5-6H,2-4,7-8H2,1H3,(H,12,13). The van der Waals surface area contributed by atoms with Gasteiger partial charge in [0.05, 0.1) is 12.0 Å². The van der Waals surface area contributed by atoms with Crippen molar-refractivity contribution in [3.63, 3.8) is 0 Å². The molecule has 0 unspecified atom stereocenters. The van der Waals surface area contributed by atoms with Gasteiger partial charge in [0.2, 0.25) is 0 Å². The molecule has 1 rings (SSSR count). The van der Waals surface area contributed by atoms with E-state index >= 15 is 0 Å². The number of aromatic carboxylic acids is 1. The van der Waals surface area contributed by atoms with E-state index < -0.39 is 15.8 Å². The Bertz CT molecular complexity index is 472. The normalized spacial score (nSPS) is 11.6. The number of furan rings is 1. The van der Waals surface area contributed by atoms with Crippen LogP contribution in [-0.4, -0.2) is 25.2 Å². The maximum Gasteiger partial charge on any atom is 0.339 e. The number of carbonyl (C=O) groups is 1. The maximum absolute atomic E-state index is 11.7. The van der Waals surface area contributed by atoms with Crippen molar-refractivity contribution in [2.75, 3.05) is 5.75 Å². The summed E-state index contributed by atoms with van der Waals surface area (Å²) in [7, 11) is -3.29. The summed E-state index contributed by atoms with van der Waals surface area (Å²) in [4.78, 5) is 10.8. The van der Waals surface area contributed by atoms with Gasteiger partial charge in [0, 0.05) is 0 Å². The Hall–Kier alpha value is -1.30. The number of rotatable bonds is 7. The van der Waals surface area contributed by atoms with Crippen LogP contribution in [0.4, 0.5) is 0 Å². The van der Waals surface area contributed by atoms with Crippen molar-refractivity contribution in [1.82, 2.24) is 0 Å². The van der Waals surface area contributed by atoms with E-state index in [0.29, 0.717) is 6.42 Å². The highest BCUT2D eigenvalue weighted by atomic mass is 32.2. The molecule has 0 saturated heterocycles. The van der Waals surface area contributed by atoms with Crippen LogP contribution < -0.4 is 0 Å². The molecule has 1 heterocycles. The van der Waals surface area contributed by atoms with Gasteiger partial charge in [-0.25, -0.2) is 13.2 Å². The van der Waals surface area contributed by atoms with Crippen molar-refractivity contribution in [3.05, 3.63) is 23.7 Å². The summed E-state index contributed by atoms with van der Waals surface area (Å²) in [6.45, 7) is 1.99. The highest BCUT2D eigenvalue weighted by Crippen LogP contribution is 2.15. The number of hydrogen-bond acceptors (Lipinski definition) is 4. The zero-order chi connectivity index (χ0) is 12.9. The zero-order valence-electron chi connectivity index (χ0n) is 9.68. The lowest BCUT2D eigenvalue weighted by Gasteiger charge is -2.02. The first-order valence-corrected chi connectivity index (χ1v) is 7.28. The van der Waals surface area contributed by atoms with Crippen molar-refractivity contribution in [1.29, 1.82) is 0 Å². The van der Waals surface area contributed by atoms with E-state index in [1.807, 2.05) is 6.92 Å². The molecule has 0 saturated carbocycles. The van der Waals surface area contributed by atoms with Gasteiger partial charge in [0.15, 0.2) is 9.84 Å². The Morgan fingerprint density at radius 2 is 2.12 bits per heavy atom. The van der Waals surface area contributed by atoms with Crippen LogP contribution in [0, 0.1) is 0 Å². The first kappa shape index (κ1) is 13.8. The summed E-state index contributed by atoms with van der Waals surface area (Å²) in [5.74, 6) is -1.43. The average Bonchev–Trinajstić information content (AvgIpc) is 2.65. The van der Waals surface area contributed by atoms with Crippen LogP contribution in [0.3, 0.4) is 0 Å². The fourth-order valence-electron chi connectivity index (χ4n) is 1.49. The van der Waals surface area contributed by atoms with E-state index in [1.165, 1.54) is 12.3 Å². The molecule has 0 aliphatic rings. The number of unbranched alkanes of at least 4 members (excludes halogenated alkanes) is 2. The highest BCUT2D eigenvalue weighted by molar-refractivity contribution is 7.90. The van der Waals surface area contributed by atoms with Crippen LogP contribution in [0.15, 0.2) is 16.7 Å². The Kier molecular flexibility index (Phi) is 4.74. The number of carboxylic acid groups (broad SMARTS) is 1. The third-order valence-corrected chi connectivity index (χ3v) is 4.00. The Labute approximate surface area is 100 Å². The quantitative estimate of drug-likeness (QED) is 0.759. The molecule has 5 nitrogen and oxygen atoms in total. The second-order valence-corrected chi connectivity index (χ2v) is 6.05. The van der Waals surface area contributed by atoms with Crippen LogP contribution in [0.25, 0.3) is 0 Å². The fraction of sp³-hybridized carbons (Fsp3) is 0.545. The molecular weight excluding hydrogens is 244 g/mol. The number of sulfone groups is 1. The van der Waals surface area contributed by atoms with Crippen molar-refractivity contribution in [3.8, 4) is 0 Å². The minimum Gasteiger partial charge on any atom is -0.478 e. The zero-order valence-corrected chi connectivity index (χ0v) is 10.5. The maximum atomic E-state index is 11.7. The summed E-state index contributed by atoms with van der Waals surface area (Å²) < 4.78 is 28.3. The average molecular weight is 260 g/mol. The first-order chi connectivity index (χ1) is 7.96.